The summed E-state index contributed by atoms with van der Waals surface area (Å²) in [6.07, 6.45) is 6.81. The second-order valence-electron chi connectivity index (χ2n) is 11.0. The lowest BCUT2D eigenvalue weighted by molar-refractivity contribution is -0.117. The number of aliphatic hydroxyl groups excluding tert-OH is 1. The Hall–Kier alpha value is -4.57. The van der Waals surface area contributed by atoms with Crippen LogP contribution in [0.3, 0.4) is 0 Å². The molecule has 0 spiro atoms. The number of nitrogens with one attached hydrogen (secondary N) is 1. The van der Waals surface area contributed by atoms with Crippen molar-refractivity contribution < 1.29 is 19.1 Å². The van der Waals surface area contributed by atoms with Gasteiger partial charge in [0.1, 0.15) is 5.82 Å². The van der Waals surface area contributed by atoms with Gasteiger partial charge in [0.2, 0.25) is 11.9 Å². The third kappa shape index (κ3) is 4.54. The highest BCUT2D eigenvalue weighted by Crippen LogP contribution is 2.39. The number of fused-ring (bicyclic) bond motifs is 2. The van der Waals surface area contributed by atoms with E-state index in [0.29, 0.717) is 24.1 Å². The molecule has 1 saturated carbocycles. The number of benzene rings is 2. The van der Waals surface area contributed by atoms with Gasteiger partial charge in [-0.05, 0) is 78.8 Å². The molecule has 5 aromatic rings. The standard InChI is InChI=1S/C31H29FN6O3/c1-36-16-25(30(41)38-23(17-39)9-11-26(38)18-4-7-22(32)8-5-18)24-14-20(6-10-27(24)36)21-12-13-37-28(15-21)33-31(35-37)34-29(40)19-2-3-19/h4-8,10,12-16,19,23,26,39H,2-3,9,11,17H2,1H3,(H,34,35,40)/t23?,26-/m0/s1. The zero-order valence-corrected chi connectivity index (χ0v) is 22.5. The van der Waals surface area contributed by atoms with E-state index >= 15 is 0 Å². The number of likely N-dealkylation sites (tertiary alicyclic amines) is 1. The molecule has 1 aliphatic carbocycles. The van der Waals surface area contributed by atoms with Gasteiger partial charge < -0.3 is 14.6 Å². The number of aromatic nitrogens is 4. The zero-order chi connectivity index (χ0) is 28.2. The molecule has 7 rings (SSSR count). The van der Waals surface area contributed by atoms with Gasteiger partial charge in [-0.15, -0.1) is 5.10 Å². The molecule has 1 aliphatic heterocycles. The topological polar surface area (TPSA) is 105 Å². The van der Waals surface area contributed by atoms with Crippen LogP contribution in [0.1, 0.15) is 47.6 Å². The summed E-state index contributed by atoms with van der Waals surface area (Å²) in [7, 11) is 1.91. The number of rotatable bonds is 6. The third-order valence-corrected chi connectivity index (χ3v) is 8.28. The predicted octanol–water partition coefficient (Wildman–Crippen LogP) is 4.71. The summed E-state index contributed by atoms with van der Waals surface area (Å²) >= 11 is 0. The van der Waals surface area contributed by atoms with Crippen LogP contribution in [0.15, 0.2) is 67.0 Å². The van der Waals surface area contributed by atoms with Crippen LogP contribution in [0, 0.1) is 11.7 Å². The molecular weight excluding hydrogens is 523 g/mol. The van der Waals surface area contributed by atoms with Gasteiger partial charge in [-0.1, -0.05) is 18.2 Å². The summed E-state index contributed by atoms with van der Waals surface area (Å²) < 4.78 is 17.2. The number of halogens is 1. The normalized spacial score (nSPS) is 18.9. The molecule has 0 bridgehead atoms. The fourth-order valence-electron chi connectivity index (χ4n) is 5.93. The van der Waals surface area contributed by atoms with Crippen molar-refractivity contribution in [3.63, 3.8) is 0 Å². The van der Waals surface area contributed by atoms with E-state index in [2.05, 4.69) is 15.4 Å². The second kappa shape index (κ2) is 9.81. The van der Waals surface area contributed by atoms with E-state index in [-0.39, 0.29) is 48.2 Å². The Bertz CT molecular complexity index is 1810. The lowest BCUT2D eigenvalue weighted by Gasteiger charge is -2.30. The van der Waals surface area contributed by atoms with Crippen molar-refractivity contribution in [3.05, 3.63) is 83.9 Å². The molecule has 10 heteroatoms. The zero-order valence-electron chi connectivity index (χ0n) is 22.5. The van der Waals surface area contributed by atoms with Gasteiger partial charge in [0.05, 0.1) is 24.3 Å². The number of nitrogens with zero attached hydrogens (tertiary/aromatic N) is 5. The Morgan fingerprint density at radius 2 is 1.80 bits per heavy atom. The van der Waals surface area contributed by atoms with Gasteiger partial charge >= 0.3 is 0 Å². The molecule has 1 saturated heterocycles. The highest BCUT2D eigenvalue weighted by molar-refractivity contribution is 6.08. The summed E-state index contributed by atoms with van der Waals surface area (Å²) in [4.78, 5) is 32.5. The van der Waals surface area contributed by atoms with E-state index in [1.54, 1.807) is 27.7 Å². The SMILES string of the molecule is Cn1cc(C(=O)N2C(CO)CC[C@H]2c2ccc(F)cc2)c2cc(-c3ccn4nc(NC(=O)C5CC5)nc4c3)ccc21. The van der Waals surface area contributed by atoms with Crippen LogP contribution in [0.25, 0.3) is 27.7 Å². The minimum absolute atomic E-state index is 0.0454. The molecule has 2 fully saturated rings. The van der Waals surface area contributed by atoms with Crippen LogP contribution in [0.5, 0.6) is 0 Å². The number of pyridine rings is 1. The average molecular weight is 553 g/mol. The lowest BCUT2D eigenvalue weighted by Crippen LogP contribution is -2.39. The van der Waals surface area contributed by atoms with Crippen molar-refractivity contribution >= 4 is 34.3 Å². The van der Waals surface area contributed by atoms with Gasteiger partial charge in [-0.25, -0.2) is 8.91 Å². The van der Waals surface area contributed by atoms with Crippen LogP contribution >= 0.6 is 0 Å². The Morgan fingerprint density at radius 3 is 2.56 bits per heavy atom. The molecular formula is C31H29FN6O3. The van der Waals surface area contributed by atoms with Crippen LogP contribution < -0.4 is 5.32 Å². The van der Waals surface area contributed by atoms with Crippen molar-refractivity contribution in [2.24, 2.45) is 13.0 Å². The highest BCUT2D eigenvalue weighted by atomic mass is 19.1. The fourth-order valence-corrected chi connectivity index (χ4v) is 5.93. The van der Waals surface area contributed by atoms with Gasteiger partial charge in [0.15, 0.2) is 5.65 Å². The Kier molecular flexibility index (Phi) is 6.08. The van der Waals surface area contributed by atoms with Crippen molar-refractivity contribution in [3.8, 4) is 11.1 Å². The first-order valence-corrected chi connectivity index (χ1v) is 13.9. The number of hydrogen-bond acceptors (Lipinski definition) is 5. The molecule has 3 aromatic heterocycles. The maximum atomic E-state index is 14.1. The van der Waals surface area contributed by atoms with Crippen LogP contribution in [-0.2, 0) is 11.8 Å². The molecule has 2 amide bonds. The Morgan fingerprint density at radius 1 is 1.02 bits per heavy atom. The second-order valence-corrected chi connectivity index (χ2v) is 11.0. The Labute approximate surface area is 235 Å². The largest absolute Gasteiger partial charge is 0.394 e. The van der Waals surface area contributed by atoms with E-state index in [1.807, 2.05) is 48.1 Å². The summed E-state index contributed by atoms with van der Waals surface area (Å²) in [5, 5.41) is 18.1. The monoisotopic (exact) mass is 552 g/mol. The number of carbonyl (C=O) groups is 2. The quantitative estimate of drug-likeness (QED) is 0.317. The maximum Gasteiger partial charge on any atom is 0.256 e. The number of carbonyl (C=O) groups excluding carboxylic acids is 2. The number of aryl methyl sites for hydroxylation is 1. The van der Waals surface area contributed by atoms with Gasteiger partial charge in [-0.3, -0.25) is 14.9 Å². The fraction of sp³-hybridized carbons (Fsp3) is 0.290. The van der Waals surface area contributed by atoms with E-state index in [4.69, 9.17) is 0 Å². The summed E-state index contributed by atoms with van der Waals surface area (Å²) in [5.74, 6) is -0.192. The molecule has 2 aliphatic rings. The number of aliphatic hydroxyl groups is 1. The molecule has 1 unspecified atom stereocenters. The molecule has 2 aromatic carbocycles. The van der Waals surface area contributed by atoms with Gasteiger partial charge in [0.25, 0.3) is 5.91 Å². The molecule has 208 valence electrons. The van der Waals surface area contributed by atoms with E-state index < -0.39 is 0 Å². The number of hydrogen-bond donors (Lipinski definition) is 2. The van der Waals surface area contributed by atoms with E-state index in [0.717, 1.165) is 40.4 Å². The Balaban J connectivity index is 1.23. The van der Waals surface area contributed by atoms with Crippen molar-refractivity contribution in [2.75, 3.05) is 11.9 Å². The van der Waals surface area contributed by atoms with E-state index in [1.165, 1.54) is 12.1 Å². The predicted molar refractivity (Wildman–Crippen MR) is 152 cm³/mol. The molecule has 0 radical (unpaired) electrons. The maximum absolute atomic E-state index is 14.1. The number of anilines is 1. The van der Waals surface area contributed by atoms with Crippen molar-refractivity contribution in [2.45, 2.75) is 37.8 Å². The smallest absolute Gasteiger partial charge is 0.256 e. The van der Waals surface area contributed by atoms with Crippen molar-refractivity contribution in [1.82, 2.24) is 24.1 Å². The highest BCUT2D eigenvalue weighted by Gasteiger charge is 2.38. The number of amides is 2. The average Bonchev–Trinajstić information content (AvgIpc) is 3.50. The van der Waals surface area contributed by atoms with Gasteiger partial charge in [0, 0.05) is 36.3 Å². The van der Waals surface area contributed by atoms with Crippen LogP contribution in [-0.4, -0.2) is 53.6 Å². The molecule has 41 heavy (non-hydrogen) atoms. The first-order valence-electron chi connectivity index (χ1n) is 13.9. The summed E-state index contributed by atoms with van der Waals surface area (Å²) in [5.41, 5.74) is 4.71. The van der Waals surface area contributed by atoms with Gasteiger partial charge in [-0.2, -0.15) is 4.98 Å². The minimum Gasteiger partial charge on any atom is -0.394 e. The first kappa shape index (κ1) is 25.4. The first-order chi connectivity index (χ1) is 19.9. The summed E-state index contributed by atoms with van der Waals surface area (Å²) in [6, 6.07) is 15.5. The lowest BCUT2D eigenvalue weighted by atomic mass is 10.0. The van der Waals surface area contributed by atoms with Crippen LogP contribution in [0.4, 0.5) is 10.3 Å². The van der Waals surface area contributed by atoms with Crippen molar-refractivity contribution in [1.29, 1.82) is 0 Å². The summed E-state index contributed by atoms with van der Waals surface area (Å²) in [6.45, 7) is -0.138. The third-order valence-electron chi connectivity index (χ3n) is 8.28. The molecule has 4 heterocycles. The minimum atomic E-state index is -0.325. The molecule has 2 atom stereocenters. The molecule has 9 nitrogen and oxygen atoms in total. The van der Waals surface area contributed by atoms with Crippen LogP contribution in [0.2, 0.25) is 0 Å². The van der Waals surface area contributed by atoms with E-state index in [9.17, 15) is 19.1 Å². The molecule has 2 N–H and O–H groups in total.